The SMILES string of the molecule is CCC(O)C1CC(NCc2ccccc2)CN(CC(=O)O)C1. The minimum atomic E-state index is -0.812. The van der Waals surface area contributed by atoms with Gasteiger partial charge in [0.25, 0.3) is 0 Å². The first kappa shape index (κ1) is 16.9. The van der Waals surface area contributed by atoms with Crippen LogP contribution in [0.2, 0.25) is 0 Å². The Balaban J connectivity index is 1.94. The molecule has 5 heteroatoms. The van der Waals surface area contributed by atoms with E-state index in [4.69, 9.17) is 5.11 Å². The van der Waals surface area contributed by atoms with E-state index in [-0.39, 0.29) is 24.6 Å². The summed E-state index contributed by atoms with van der Waals surface area (Å²) in [6.07, 6.45) is 1.23. The number of aliphatic carboxylic acids is 1. The molecule has 3 atom stereocenters. The molecule has 0 spiro atoms. The summed E-state index contributed by atoms with van der Waals surface area (Å²) >= 11 is 0. The number of nitrogens with zero attached hydrogens (tertiary/aromatic N) is 1. The molecule has 0 radical (unpaired) electrons. The molecular weight excluding hydrogens is 280 g/mol. The summed E-state index contributed by atoms with van der Waals surface area (Å²) in [5.74, 6) is -0.681. The van der Waals surface area contributed by atoms with Crippen molar-refractivity contribution in [2.24, 2.45) is 5.92 Å². The maximum atomic E-state index is 11.0. The number of aliphatic hydroxyl groups excluding tert-OH is 1. The Morgan fingerprint density at radius 1 is 1.36 bits per heavy atom. The van der Waals surface area contributed by atoms with Gasteiger partial charge in [0.15, 0.2) is 0 Å². The smallest absolute Gasteiger partial charge is 0.317 e. The number of piperidine rings is 1. The predicted octanol–water partition coefficient (Wildman–Crippen LogP) is 1.32. The zero-order valence-electron chi connectivity index (χ0n) is 13.1. The molecule has 0 amide bonds. The molecule has 0 aromatic heterocycles. The molecular formula is C17H26N2O3. The molecule has 0 saturated carbocycles. The lowest BCUT2D eigenvalue weighted by Gasteiger charge is -2.39. The quantitative estimate of drug-likeness (QED) is 0.709. The van der Waals surface area contributed by atoms with Crippen LogP contribution in [0.3, 0.4) is 0 Å². The number of carboxylic acid groups (broad SMARTS) is 1. The van der Waals surface area contributed by atoms with E-state index in [1.807, 2.05) is 30.0 Å². The molecule has 0 aliphatic carbocycles. The zero-order chi connectivity index (χ0) is 15.9. The van der Waals surface area contributed by atoms with Gasteiger partial charge in [-0.05, 0) is 24.3 Å². The van der Waals surface area contributed by atoms with Crippen LogP contribution in [0.5, 0.6) is 0 Å². The Morgan fingerprint density at radius 2 is 2.09 bits per heavy atom. The third-order valence-electron chi connectivity index (χ3n) is 4.32. The molecule has 1 heterocycles. The third-order valence-corrected chi connectivity index (χ3v) is 4.32. The Morgan fingerprint density at radius 3 is 2.73 bits per heavy atom. The fourth-order valence-electron chi connectivity index (χ4n) is 3.17. The lowest BCUT2D eigenvalue weighted by atomic mass is 9.88. The summed E-state index contributed by atoms with van der Waals surface area (Å²) in [6.45, 7) is 4.14. The van der Waals surface area contributed by atoms with Crippen LogP contribution in [0.15, 0.2) is 30.3 Å². The summed E-state index contributed by atoms with van der Waals surface area (Å²) in [6, 6.07) is 10.4. The first-order valence-electron chi connectivity index (χ1n) is 7.98. The first-order valence-corrected chi connectivity index (χ1v) is 7.98. The molecule has 1 saturated heterocycles. The number of nitrogens with one attached hydrogen (secondary N) is 1. The second-order valence-electron chi connectivity index (χ2n) is 6.12. The minimum absolute atomic E-state index is 0.0381. The Bertz CT molecular complexity index is 466. The van der Waals surface area contributed by atoms with E-state index in [1.54, 1.807) is 0 Å². The molecule has 1 aliphatic rings. The molecule has 3 unspecified atom stereocenters. The number of rotatable bonds is 7. The number of benzene rings is 1. The van der Waals surface area contributed by atoms with Crippen molar-refractivity contribution in [1.82, 2.24) is 10.2 Å². The summed E-state index contributed by atoms with van der Waals surface area (Å²) < 4.78 is 0. The first-order chi connectivity index (χ1) is 10.6. The lowest BCUT2D eigenvalue weighted by molar-refractivity contribution is -0.139. The normalized spacial score (nSPS) is 24.1. The van der Waals surface area contributed by atoms with Crippen molar-refractivity contribution in [1.29, 1.82) is 0 Å². The highest BCUT2D eigenvalue weighted by molar-refractivity contribution is 5.69. The number of carbonyl (C=O) groups is 1. The van der Waals surface area contributed by atoms with Gasteiger partial charge in [0.2, 0.25) is 0 Å². The van der Waals surface area contributed by atoms with Crippen LogP contribution in [0.25, 0.3) is 0 Å². The Hall–Kier alpha value is -1.43. The Labute approximate surface area is 131 Å². The van der Waals surface area contributed by atoms with Gasteiger partial charge in [-0.25, -0.2) is 0 Å². The van der Waals surface area contributed by atoms with E-state index in [9.17, 15) is 9.90 Å². The number of hydrogen-bond acceptors (Lipinski definition) is 4. The van der Waals surface area contributed by atoms with Gasteiger partial charge in [-0.1, -0.05) is 37.3 Å². The van der Waals surface area contributed by atoms with Crippen LogP contribution in [0, 0.1) is 5.92 Å². The predicted molar refractivity (Wildman–Crippen MR) is 85.6 cm³/mol. The van der Waals surface area contributed by atoms with Crippen LogP contribution < -0.4 is 5.32 Å². The van der Waals surface area contributed by atoms with Crippen molar-refractivity contribution in [3.8, 4) is 0 Å². The monoisotopic (exact) mass is 306 g/mol. The van der Waals surface area contributed by atoms with Gasteiger partial charge in [0.05, 0.1) is 12.6 Å². The summed E-state index contributed by atoms with van der Waals surface area (Å²) in [7, 11) is 0. The molecule has 122 valence electrons. The highest BCUT2D eigenvalue weighted by Crippen LogP contribution is 2.22. The van der Waals surface area contributed by atoms with E-state index in [1.165, 1.54) is 5.56 Å². The van der Waals surface area contributed by atoms with E-state index in [0.29, 0.717) is 19.5 Å². The second kappa shape index (κ2) is 8.27. The third kappa shape index (κ3) is 5.09. The number of hydrogen-bond donors (Lipinski definition) is 3. The highest BCUT2D eigenvalue weighted by atomic mass is 16.4. The number of aliphatic hydroxyl groups is 1. The average Bonchev–Trinajstić information content (AvgIpc) is 2.52. The van der Waals surface area contributed by atoms with Crippen LogP contribution >= 0.6 is 0 Å². The molecule has 1 aromatic carbocycles. The van der Waals surface area contributed by atoms with Crippen LogP contribution in [0.4, 0.5) is 0 Å². The van der Waals surface area contributed by atoms with E-state index < -0.39 is 5.97 Å². The van der Waals surface area contributed by atoms with Gasteiger partial charge in [-0.15, -0.1) is 0 Å². The van der Waals surface area contributed by atoms with Gasteiger partial charge in [-0.2, -0.15) is 0 Å². The van der Waals surface area contributed by atoms with Crippen molar-refractivity contribution >= 4 is 5.97 Å². The largest absolute Gasteiger partial charge is 0.480 e. The molecule has 5 nitrogen and oxygen atoms in total. The second-order valence-corrected chi connectivity index (χ2v) is 6.12. The maximum absolute atomic E-state index is 11.0. The van der Waals surface area contributed by atoms with E-state index in [0.717, 1.165) is 13.0 Å². The Kier molecular flexibility index (Phi) is 6.36. The molecule has 3 N–H and O–H groups in total. The lowest BCUT2D eigenvalue weighted by Crippen LogP contribution is -2.52. The van der Waals surface area contributed by atoms with E-state index >= 15 is 0 Å². The van der Waals surface area contributed by atoms with Crippen LogP contribution in [-0.4, -0.2) is 52.9 Å². The van der Waals surface area contributed by atoms with Crippen LogP contribution in [-0.2, 0) is 11.3 Å². The van der Waals surface area contributed by atoms with Crippen molar-refractivity contribution in [3.63, 3.8) is 0 Å². The molecule has 22 heavy (non-hydrogen) atoms. The number of likely N-dealkylation sites (tertiary alicyclic amines) is 1. The highest BCUT2D eigenvalue weighted by Gasteiger charge is 2.31. The van der Waals surface area contributed by atoms with Gasteiger partial charge in [-0.3, -0.25) is 9.69 Å². The minimum Gasteiger partial charge on any atom is -0.480 e. The average molecular weight is 306 g/mol. The van der Waals surface area contributed by atoms with Gasteiger partial charge in [0, 0.05) is 25.7 Å². The molecule has 0 bridgehead atoms. The fourth-order valence-corrected chi connectivity index (χ4v) is 3.17. The van der Waals surface area contributed by atoms with Crippen molar-refractivity contribution in [2.45, 2.75) is 38.5 Å². The maximum Gasteiger partial charge on any atom is 0.317 e. The molecule has 1 aromatic rings. The molecule has 2 rings (SSSR count). The van der Waals surface area contributed by atoms with Crippen molar-refractivity contribution < 1.29 is 15.0 Å². The summed E-state index contributed by atoms with van der Waals surface area (Å²) in [4.78, 5) is 12.9. The standard InChI is InChI=1S/C17H26N2O3/c1-2-16(20)14-8-15(11-19(10-14)12-17(21)22)18-9-13-6-4-3-5-7-13/h3-7,14-16,18,20H,2,8-12H2,1H3,(H,21,22). The van der Waals surface area contributed by atoms with Crippen molar-refractivity contribution in [2.75, 3.05) is 19.6 Å². The zero-order valence-corrected chi connectivity index (χ0v) is 13.1. The van der Waals surface area contributed by atoms with Crippen LogP contribution in [0.1, 0.15) is 25.3 Å². The van der Waals surface area contributed by atoms with E-state index in [2.05, 4.69) is 17.4 Å². The summed E-state index contributed by atoms with van der Waals surface area (Å²) in [5, 5.41) is 22.7. The van der Waals surface area contributed by atoms with Gasteiger partial charge in [0.1, 0.15) is 0 Å². The molecule has 1 fully saturated rings. The van der Waals surface area contributed by atoms with Gasteiger partial charge < -0.3 is 15.5 Å². The summed E-state index contributed by atoms with van der Waals surface area (Å²) in [5.41, 5.74) is 1.21. The van der Waals surface area contributed by atoms with Crippen molar-refractivity contribution in [3.05, 3.63) is 35.9 Å². The molecule has 1 aliphatic heterocycles. The fraction of sp³-hybridized carbons (Fsp3) is 0.588. The topological polar surface area (TPSA) is 72.8 Å². The van der Waals surface area contributed by atoms with Gasteiger partial charge >= 0.3 is 5.97 Å². The number of carboxylic acids is 1.